The second kappa shape index (κ2) is 7.26. The van der Waals surface area contributed by atoms with Crippen LogP contribution < -0.4 is 0 Å². The lowest BCUT2D eigenvalue weighted by atomic mass is 9.74. The minimum atomic E-state index is 0.147. The first-order valence-corrected chi connectivity index (χ1v) is 9.53. The van der Waals surface area contributed by atoms with E-state index in [1.54, 1.807) is 0 Å². The van der Waals surface area contributed by atoms with E-state index in [4.69, 9.17) is 11.6 Å². The molecule has 134 valence electrons. The number of benzene rings is 2. The molecular formula is C22H23ClN2O. The highest BCUT2D eigenvalue weighted by molar-refractivity contribution is 6.30. The third-order valence-corrected chi connectivity index (χ3v) is 6.04. The van der Waals surface area contributed by atoms with Crippen molar-refractivity contribution >= 4 is 23.4 Å². The number of fused-ring (bicyclic) bond motifs is 2. The summed E-state index contributed by atoms with van der Waals surface area (Å²) < 4.78 is 0. The van der Waals surface area contributed by atoms with Crippen molar-refractivity contribution in [2.45, 2.75) is 24.7 Å². The van der Waals surface area contributed by atoms with Crippen LogP contribution in [0.25, 0.3) is 6.08 Å². The number of piperidine rings is 1. The Bertz CT molecular complexity index is 833. The number of likely N-dealkylation sites (tertiary alicyclic amines) is 1. The maximum Gasteiger partial charge on any atom is 0.0879 e. The molecule has 1 N–H and O–H groups in total. The molecule has 0 saturated carbocycles. The van der Waals surface area contributed by atoms with Crippen molar-refractivity contribution in [3.8, 4) is 0 Å². The highest BCUT2D eigenvalue weighted by atomic mass is 35.5. The Morgan fingerprint density at radius 3 is 2.54 bits per heavy atom. The van der Waals surface area contributed by atoms with Crippen LogP contribution in [0.5, 0.6) is 0 Å². The monoisotopic (exact) mass is 366 g/mol. The fourth-order valence-corrected chi connectivity index (χ4v) is 4.44. The Labute approximate surface area is 159 Å². The fourth-order valence-electron chi connectivity index (χ4n) is 4.32. The third kappa shape index (κ3) is 3.29. The molecule has 0 radical (unpaired) electrons. The van der Waals surface area contributed by atoms with Gasteiger partial charge in [-0.2, -0.15) is 0 Å². The lowest BCUT2D eigenvalue weighted by Gasteiger charge is -2.39. The second-order valence-corrected chi connectivity index (χ2v) is 7.74. The Balaban J connectivity index is 1.39. The first-order chi connectivity index (χ1) is 12.7. The normalized spacial score (nSPS) is 20.9. The van der Waals surface area contributed by atoms with Gasteiger partial charge < -0.3 is 5.21 Å². The Morgan fingerprint density at radius 1 is 1.08 bits per heavy atom. The molecule has 1 spiro atoms. The van der Waals surface area contributed by atoms with Gasteiger partial charge in [-0.05, 0) is 49.2 Å². The summed E-state index contributed by atoms with van der Waals surface area (Å²) in [5.74, 6) is 0. The summed E-state index contributed by atoms with van der Waals surface area (Å²) in [5, 5.41) is 13.7. The summed E-state index contributed by atoms with van der Waals surface area (Å²) in [5.41, 5.74) is 4.66. The third-order valence-electron chi connectivity index (χ3n) is 5.79. The number of rotatable bonds is 3. The molecule has 1 fully saturated rings. The first-order valence-electron chi connectivity index (χ1n) is 9.15. The molecule has 2 aromatic carbocycles. The molecule has 0 bridgehead atoms. The van der Waals surface area contributed by atoms with Crippen molar-refractivity contribution in [3.63, 3.8) is 0 Å². The van der Waals surface area contributed by atoms with Gasteiger partial charge in [0.05, 0.1) is 5.71 Å². The zero-order chi connectivity index (χ0) is 18.0. The predicted octanol–water partition coefficient (Wildman–Crippen LogP) is 4.97. The fraction of sp³-hybridized carbons (Fsp3) is 0.318. The van der Waals surface area contributed by atoms with Crippen molar-refractivity contribution in [1.29, 1.82) is 0 Å². The average Bonchev–Trinajstić information content (AvgIpc) is 2.99. The van der Waals surface area contributed by atoms with Gasteiger partial charge in [-0.1, -0.05) is 65.3 Å². The van der Waals surface area contributed by atoms with Crippen molar-refractivity contribution in [2.24, 2.45) is 5.16 Å². The van der Waals surface area contributed by atoms with Gasteiger partial charge in [-0.25, -0.2) is 0 Å². The molecule has 2 aromatic rings. The van der Waals surface area contributed by atoms with Crippen molar-refractivity contribution in [2.75, 3.05) is 19.6 Å². The number of oxime groups is 1. The molecule has 0 amide bonds. The van der Waals surface area contributed by atoms with Gasteiger partial charge in [-0.15, -0.1) is 0 Å². The van der Waals surface area contributed by atoms with E-state index in [1.807, 2.05) is 30.3 Å². The number of hydrogen-bond donors (Lipinski definition) is 1. The largest absolute Gasteiger partial charge is 0.411 e. The molecule has 0 atom stereocenters. The molecule has 0 unspecified atom stereocenters. The summed E-state index contributed by atoms with van der Waals surface area (Å²) in [7, 11) is 0. The van der Waals surface area contributed by atoms with Gasteiger partial charge in [0, 0.05) is 29.0 Å². The van der Waals surface area contributed by atoms with Crippen molar-refractivity contribution < 1.29 is 5.21 Å². The molecule has 26 heavy (non-hydrogen) atoms. The smallest absolute Gasteiger partial charge is 0.0879 e. The van der Waals surface area contributed by atoms with Crippen LogP contribution in [0.2, 0.25) is 5.02 Å². The van der Waals surface area contributed by atoms with E-state index in [9.17, 15) is 5.21 Å². The topological polar surface area (TPSA) is 35.8 Å². The van der Waals surface area contributed by atoms with Crippen molar-refractivity contribution in [1.82, 2.24) is 4.90 Å². The van der Waals surface area contributed by atoms with Gasteiger partial charge in [0.25, 0.3) is 0 Å². The molecule has 1 aliphatic heterocycles. The number of hydrogen-bond acceptors (Lipinski definition) is 3. The Morgan fingerprint density at radius 2 is 1.81 bits per heavy atom. The molecule has 1 aliphatic carbocycles. The zero-order valence-corrected chi connectivity index (χ0v) is 15.5. The van der Waals surface area contributed by atoms with Crippen LogP contribution in [-0.4, -0.2) is 35.5 Å². The van der Waals surface area contributed by atoms with E-state index in [0.29, 0.717) is 0 Å². The van der Waals surface area contributed by atoms with E-state index in [-0.39, 0.29) is 5.41 Å². The van der Waals surface area contributed by atoms with Crippen LogP contribution in [0, 0.1) is 0 Å². The summed E-state index contributed by atoms with van der Waals surface area (Å²) in [6.45, 7) is 3.09. The van der Waals surface area contributed by atoms with Gasteiger partial charge >= 0.3 is 0 Å². The van der Waals surface area contributed by atoms with E-state index in [1.165, 1.54) is 11.1 Å². The number of nitrogens with zero attached hydrogens (tertiary/aromatic N) is 2. The van der Waals surface area contributed by atoms with Gasteiger partial charge in [0.15, 0.2) is 0 Å². The standard InChI is InChI=1S/C22H23ClN2O/c23-18-9-7-17(8-10-18)4-3-13-25-14-11-22(12-15-25)16-21(24-26)19-5-1-2-6-20(19)22/h1-10,26H,11-16H2/b4-3+,24-21-. The minimum absolute atomic E-state index is 0.147. The molecule has 3 nitrogen and oxygen atoms in total. The van der Waals surface area contributed by atoms with Crippen LogP contribution in [0.15, 0.2) is 59.8 Å². The lowest BCUT2D eigenvalue weighted by molar-refractivity contribution is 0.178. The molecule has 2 aliphatic rings. The van der Waals surface area contributed by atoms with E-state index in [0.717, 1.165) is 55.2 Å². The summed E-state index contributed by atoms with van der Waals surface area (Å²) in [4.78, 5) is 2.49. The van der Waals surface area contributed by atoms with E-state index >= 15 is 0 Å². The highest BCUT2D eigenvalue weighted by Crippen LogP contribution is 2.46. The van der Waals surface area contributed by atoms with Crippen LogP contribution in [0.1, 0.15) is 36.0 Å². The van der Waals surface area contributed by atoms with Gasteiger partial charge in [0.1, 0.15) is 0 Å². The molecule has 1 saturated heterocycles. The molecule has 4 rings (SSSR count). The molecule has 0 aromatic heterocycles. The van der Waals surface area contributed by atoms with Crippen LogP contribution in [-0.2, 0) is 5.41 Å². The van der Waals surface area contributed by atoms with E-state index in [2.05, 4.69) is 40.4 Å². The first kappa shape index (κ1) is 17.3. The summed E-state index contributed by atoms with van der Waals surface area (Å²) >= 11 is 5.93. The quantitative estimate of drug-likeness (QED) is 0.615. The van der Waals surface area contributed by atoms with E-state index < -0.39 is 0 Å². The molecule has 1 heterocycles. The highest BCUT2D eigenvalue weighted by Gasteiger charge is 2.43. The van der Waals surface area contributed by atoms with Crippen LogP contribution in [0.3, 0.4) is 0 Å². The SMILES string of the molecule is O/N=C1/CC2(CCN(C/C=C/c3ccc(Cl)cc3)CC2)c2ccccc21. The number of halogens is 1. The van der Waals surface area contributed by atoms with Crippen molar-refractivity contribution in [3.05, 3.63) is 76.3 Å². The van der Waals surface area contributed by atoms with Crippen LogP contribution in [0.4, 0.5) is 0 Å². The maximum absolute atomic E-state index is 9.38. The minimum Gasteiger partial charge on any atom is -0.411 e. The molecule has 4 heteroatoms. The van der Waals surface area contributed by atoms with Gasteiger partial charge in [-0.3, -0.25) is 4.90 Å². The predicted molar refractivity (Wildman–Crippen MR) is 107 cm³/mol. The second-order valence-electron chi connectivity index (χ2n) is 7.30. The summed E-state index contributed by atoms with van der Waals surface area (Å²) in [6, 6.07) is 16.3. The average molecular weight is 367 g/mol. The molecular weight excluding hydrogens is 344 g/mol. The Kier molecular flexibility index (Phi) is 4.84. The maximum atomic E-state index is 9.38. The van der Waals surface area contributed by atoms with Crippen LogP contribution >= 0.6 is 11.6 Å². The lowest BCUT2D eigenvalue weighted by Crippen LogP contribution is -2.41. The summed E-state index contributed by atoms with van der Waals surface area (Å²) in [6.07, 6.45) is 7.46. The Hall–Kier alpha value is -2.10. The zero-order valence-electron chi connectivity index (χ0n) is 14.7. The van der Waals surface area contributed by atoms with Gasteiger partial charge in [0.2, 0.25) is 0 Å².